The van der Waals surface area contributed by atoms with Gasteiger partial charge in [0.2, 0.25) is 0 Å². The average molecular weight is 216 g/mol. The van der Waals surface area contributed by atoms with Crippen LogP contribution in [0.2, 0.25) is 0 Å². The van der Waals surface area contributed by atoms with Crippen LogP contribution in [0.15, 0.2) is 36.5 Å². The van der Waals surface area contributed by atoms with Crippen LogP contribution in [0.1, 0.15) is 25.7 Å². The summed E-state index contributed by atoms with van der Waals surface area (Å²) in [6.45, 7) is 0. The first-order valence-corrected chi connectivity index (χ1v) is 6.05. The minimum atomic E-state index is -0.260. The van der Waals surface area contributed by atoms with Crippen molar-refractivity contribution in [3.63, 3.8) is 0 Å². The second kappa shape index (κ2) is 3.70. The van der Waals surface area contributed by atoms with E-state index in [-0.39, 0.29) is 11.4 Å². The lowest BCUT2D eigenvalue weighted by molar-refractivity contribution is -0.212. The van der Waals surface area contributed by atoms with Gasteiger partial charge in [0.15, 0.2) is 5.78 Å². The van der Waals surface area contributed by atoms with Crippen LogP contribution in [0, 0.1) is 5.92 Å². The highest BCUT2D eigenvalue weighted by atomic mass is 16.5. The summed E-state index contributed by atoms with van der Waals surface area (Å²) in [6.07, 6.45) is 16.6. The van der Waals surface area contributed by atoms with E-state index in [0.717, 1.165) is 25.7 Å². The molecule has 0 amide bonds. The van der Waals surface area contributed by atoms with Gasteiger partial charge in [0.25, 0.3) is 0 Å². The summed E-state index contributed by atoms with van der Waals surface area (Å²) < 4.78 is 6.00. The maximum atomic E-state index is 11.1. The molecule has 2 heteroatoms. The van der Waals surface area contributed by atoms with Crippen LogP contribution < -0.4 is 0 Å². The molecule has 0 aromatic rings. The van der Waals surface area contributed by atoms with E-state index in [4.69, 9.17) is 4.74 Å². The third kappa shape index (κ3) is 1.49. The fraction of sp³-hybridized carbons (Fsp3) is 0.500. The van der Waals surface area contributed by atoms with Crippen molar-refractivity contribution in [3.8, 4) is 0 Å². The van der Waals surface area contributed by atoms with Gasteiger partial charge in [-0.15, -0.1) is 0 Å². The van der Waals surface area contributed by atoms with E-state index in [1.54, 1.807) is 12.2 Å². The first kappa shape index (κ1) is 10.0. The van der Waals surface area contributed by atoms with Crippen molar-refractivity contribution < 1.29 is 9.53 Å². The number of hydrogen-bond acceptors (Lipinski definition) is 2. The molecule has 2 atom stereocenters. The number of fused-ring (bicyclic) bond motifs is 2. The van der Waals surface area contributed by atoms with Crippen LogP contribution in [-0.2, 0) is 9.53 Å². The Morgan fingerprint density at radius 3 is 2.56 bits per heavy atom. The van der Waals surface area contributed by atoms with E-state index in [1.165, 1.54) is 0 Å². The van der Waals surface area contributed by atoms with Crippen LogP contribution in [0.3, 0.4) is 0 Å². The third-order valence-electron chi connectivity index (χ3n) is 3.83. The van der Waals surface area contributed by atoms with E-state index < -0.39 is 0 Å². The van der Waals surface area contributed by atoms with Crippen molar-refractivity contribution in [1.82, 2.24) is 0 Å². The molecule has 0 unspecified atom stereocenters. The number of ether oxygens (including phenoxy) is 1. The fourth-order valence-corrected chi connectivity index (χ4v) is 2.96. The Labute approximate surface area is 95.7 Å². The first-order valence-electron chi connectivity index (χ1n) is 6.05. The molecule has 2 aliphatic carbocycles. The van der Waals surface area contributed by atoms with E-state index in [9.17, 15) is 4.79 Å². The number of allylic oxidation sites excluding steroid dienone is 4. The normalized spacial score (nSPS) is 37.4. The lowest BCUT2D eigenvalue weighted by Gasteiger charge is -2.53. The molecule has 3 rings (SSSR count). The molecule has 0 aromatic carbocycles. The lowest BCUT2D eigenvalue weighted by Crippen LogP contribution is -2.58. The predicted molar refractivity (Wildman–Crippen MR) is 62.0 cm³/mol. The van der Waals surface area contributed by atoms with Crippen LogP contribution in [0.5, 0.6) is 0 Å². The molecule has 1 heterocycles. The second-order valence-corrected chi connectivity index (χ2v) is 4.81. The summed E-state index contributed by atoms with van der Waals surface area (Å²) in [5.41, 5.74) is -0.260. The fourth-order valence-electron chi connectivity index (χ4n) is 2.96. The van der Waals surface area contributed by atoms with Crippen molar-refractivity contribution in [2.75, 3.05) is 0 Å². The Morgan fingerprint density at radius 2 is 1.81 bits per heavy atom. The average Bonchev–Trinajstić information content (AvgIpc) is 2.25. The standard InChI is InChI=1S/C14H16O2/c15-11-7-9-14(10-8-11)12-5-3-1-2-4-6-13(12)16-14/h1-2,7-10,12-13H,3-6H2/b2-1-/t12-,13+/m1/s1. The zero-order valence-corrected chi connectivity index (χ0v) is 9.26. The second-order valence-electron chi connectivity index (χ2n) is 4.81. The van der Waals surface area contributed by atoms with Gasteiger partial charge in [-0.25, -0.2) is 0 Å². The molecule has 2 nitrogen and oxygen atoms in total. The number of hydrogen-bond donors (Lipinski definition) is 0. The number of ketones is 1. The third-order valence-corrected chi connectivity index (χ3v) is 3.83. The van der Waals surface area contributed by atoms with E-state index in [1.807, 2.05) is 12.2 Å². The summed E-state index contributed by atoms with van der Waals surface area (Å²) >= 11 is 0. The summed E-state index contributed by atoms with van der Waals surface area (Å²) in [6, 6.07) is 0. The van der Waals surface area contributed by atoms with Gasteiger partial charge in [-0.3, -0.25) is 4.79 Å². The molecule has 0 N–H and O–H groups in total. The Balaban J connectivity index is 1.80. The number of carbonyl (C=O) groups excluding carboxylic acids is 1. The van der Waals surface area contributed by atoms with Gasteiger partial charge >= 0.3 is 0 Å². The van der Waals surface area contributed by atoms with Gasteiger partial charge < -0.3 is 4.74 Å². The molecule has 0 saturated carbocycles. The largest absolute Gasteiger partial charge is 0.363 e. The molecule has 3 aliphatic rings. The summed E-state index contributed by atoms with van der Waals surface area (Å²) in [7, 11) is 0. The summed E-state index contributed by atoms with van der Waals surface area (Å²) in [5.74, 6) is 0.626. The molecular formula is C14H16O2. The van der Waals surface area contributed by atoms with E-state index in [2.05, 4.69) is 12.2 Å². The highest BCUT2D eigenvalue weighted by Gasteiger charge is 2.51. The quantitative estimate of drug-likeness (QED) is 0.582. The van der Waals surface area contributed by atoms with Crippen LogP contribution in [0.4, 0.5) is 0 Å². The topological polar surface area (TPSA) is 26.3 Å². The zero-order valence-electron chi connectivity index (χ0n) is 9.26. The monoisotopic (exact) mass is 216 g/mol. The Morgan fingerprint density at radius 1 is 1.12 bits per heavy atom. The smallest absolute Gasteiger partial charge is 0.178 e. The van der Waals surface area contributed by atoms with Crippen LogP contribution in [0.25, 0.3) is 0 Å². The maximum absolute atomic E-state index is 11.1. The highest BCUT2D eigenvalue weighted by molar-refractivity contribution is 6.00. The van der Waals surface area contributed by atoms with E-state index in [0.29, 0.717) is 12.0 Å². The Kier molecular flexibility index (Phi) is 2.32. The zero-order chi connectivity index (χ0) is 11.0. The van der Waals surface area contributed by atoms with Crippen molar-refractivity contribution in [2.45, 2.75) is 37.4 Å². The van der Waals surface area contributed by atoms with Crippen molar-refractivity contribution in [1.29, 1.82) is 0 Å². The molecule has 1 aliphatic heterocycles. The van der Waals surface area contributed by atoms with Gasteiger partial charge in [0.1, 0.15) is 5.60 Å². The molecule has 1 fully saturated rings. The van der Waals surface area contributed by atoms with Gasteiger partial charge in [-0.2, -0.15) is 0 Å². The SMILES string of the molecule is O=C1C=CC2(C=C1)O[C@H]1CC/C=C\CC[C@H]12. The minimum Gasteiger partial charge on any atom is -0.363 e. The molecule has 0 aromatic heterocycles. The van der Waals surface area contributed by atoms with Gasteiger partial charge in [0.05, 0.1) is 6.10 Å². The molecule has 16 heavy (non-hydrogen) atoms. The molecule has 1 spiro atoms. The van der Waals surface area contributed by atoms with Crippen molar-refractivity contribution >= 4 is 5.78 Å². The molecule has 0 radical (unpaired) electrons. The molecular weight excluding hydrogens is 200 g/mol. The van der Waals surface area contributed by atoms with Crippen molar-refractivity contribution in [3.05, 3.63) is 36.5 Å². The maximum Gasteiger partial charge on any atom is 0.178 e. The summed E-state index contributed by atoms with van der Waals surface area (Å²) in [5, 5.41) is 0. The van der Waals surface area contributed by atoms with Gasteiger partial charge in [-0.1, -0.05) is 12.2 Å². The molecule has 84 valence electrons. The van der Waals surface area contributed by atoms with Crippen LogP contribution >= 0.6 is 0 Å². The number of carbonyl (C=O) groups is 1. The predicted octanol–water partition coefficient (Wildman–Crippen LogP) is 2.57. The minimum absolute atomic E-state index is 0.0726. The lowest BCUT2D eigenvalue weighted by atomic mass is 9.70. The molecule has 0 bridgehead atoms. The number of rotatable bonds is 0. The highest BCUT2D eigenvalue weighted by Crippen LogP contribution is 2.47. The summed E-state index contributed by atoms with van der Waals surface area (Å²) in [4.78, 5) is 11.1. The first-order chi connectivity index (χ1) is 7.80. The van der Waals surface area contributed by atoms with Crippen LogP contribution in [-0.4, -0.2) is 17.5 Å². The van der Waals surface area contributed by atoms with Gasteiger partial charge in [0, 0.05) is 5.92 Å². The molecule has 1 saturated heterocycles. The Bertz CT molecular complexity index is 374. The van der Waals surface area contributed by atoms with E-state index >= 15 is 0 Å². The van der Waals surface area contributed by atoms with Gasteiger partial charge in [-0.05, 0) is 50.0 Å². The van der Waals surface area contributed by atoms with Crippen molar-refractivity contribution in [2.24, 2.45) is 5.92 Å². The Hall–Kier alpha value is -1.15.